The van der Waals surface area contributed by atoms with Gasteiger partial charge in [0, 0.05) is 24.2 Å². The summed E-state index contributed by atoms with van der Waals surface area (Å²) in [6, 6.07) is 4.14. The van der Waals surface area contributed by atoms with Crippen molar-refractivity contribution < 1.29 is 34.1 Å². The van der Waals surface area contributed by atoms with E-state index in [9.17, 15) is 34.7 Å². The maximum absolute atomic E-state index is 12.1. The number of carbonyl (C=O) groups excluding carboxylic acids is 1. The van der Waals surface area contributed by atoms with Crippen molar-refractivity contribution in [2.24, 2.45) is 0 Å². The highest BCUT2D eigenvalue weighted by atomic mass is 35.5. The summed E-state index contributed by atoms with van der Waals surface area (Å²) in [6.45, 7) is 0.460. The molecule has 3 N–H and O–H groups in total. The van der Waals surface area contributed by atoms with Crippen LogP contribution in [0.2, 0.25) is 5.02 Å². The largest absolute Gasteiger partial charge is 0.508 e. The quantitative estimate of drug-likeness (QED) is 0.282. The van der Waals surface area contributed by atoms with E-state index in [0.717, 1.165) is 4.57 Å². The summed E-state index contributed by atoms with van der Waals surface area (Å²) in [5, 5.41) is 31.4. The monoisotopic (exact) mass is 485 g/mol. The molecule has 178 valence electrons. The molecule has 1 saturated heterocycles. The van der Waals surface area contributed by atoms with E-state index >= 15 is 0 Å². The Labute approximate surface area is 190 Å². The number of nitro benzene ring substituents is 1. The molecule has 4 atom stereocenters. The van der Waals surface area contributed by atoms with Crippen molar-refractivity contribution >= 4 is 23.4 Å². The summed E-state index contributed by atoms with van der Waals surface area (Å²) in [7, 11) is 0. The highest BCUT2D eigenvalue weighted by Crippen LogP contribution is 2.31. The van der Waals surface area contributed by atoms with Gasteiger partial charge in [-0.05, 0) is 13.0 Å². The molecule has 0 aliphatic carbocycles. The van der Waals surface area contributed by atoms with Crippen molar-refractivity contribution in [1.29, 1.82) is 0 Å². The van der Waals surface area contributed by atoms with Crippen LogP contribution in [0.15, 0.2) is 34.0 Å². The Hall–Kier alpha value is -3.26. The molecule has 13 nitrogen and oxygen atoms in total. The molecule has 3 rings (SSSR count). The van der Waals surface area contributed by atoms with Gasteiger partial charge in [0.25, 0.3) is 11.2 Å². The highest BCUT2D eigenvalue weighted by molar-refractivity contribution is 6.31. The number of nitrogens with one attached hydrogen (secondary N) is 1. The van der Waals surface area contributed by atoms with E-state index in [1.54, 1.807) is 0 Å². The topological polar surface area (TPSA) is 183 Å². The van der Waals surface area contributed by atoms with Gasteiger partial charge in [-0.15, -0.1) is 0 Å². The maximum atomic E-state index is 12.1. The molecule has 1 aromatic carbocycles. The maximum Gasteiger partial charge on any atom is 0.508 e. The number of benzene rings is 1. The average molecular weight is 486 g/mol. The van der Waals surface area contributed by atoms with Gasteiger partial charge in [-0.2, -0.15) is 0 Å². The number of ether oxygens (including phenoxy) is 3. The second-order valence-electron chi connectivity index (χ2n) is 7.14. The van der Waals surface area contributed by atoms with Gasteiger partial charge in [-0.3, -0.25) is 24.5 Å². The number of nitrogens with zero attached hydrogens (tertiary/aromatic N) is 2. The fraction of sp³-hybridized carbons (Fsp3) is 0.421. The number of aliphatic hydroxyl groups is 2. The lowest BCUT2D eigenvalue weighted by atomic mass is 10.1. The summed E-state index contributed by atoms with van der Waals surface area (Å²) >= 11 is 5.99. The molecule has 1 fully saturated rings. The predicted molar refractivity (Wildman–Crippen MR) is 111 cm³/mol. The fourth-order valence-electron chi connectivity index (χ4n) is 3.36. The summed E-state index contributed by atoms with van der Waals surface area (Å²) in [5.41, 5.74) is -1.37. The molecule has 0 bridgehead atoms. The third kappa shape index (κ3) is 5.22. The molecule has 14 heteroatoms. The lowest BCUT2D eigenvalue weighted by Gasteiger charge is -2.20. The molecular formula is C19H20ClN3O10. The van der Waals surface area contributed by atoms with Gasteiger partial charge in [0.2, 0.25) is 0 Å². The average Bonchev–Trinajstić information content (AvgIpc) is 3.06. The summed E-state index contributed by atoms with van der Waals surface area (Å²) in [4.78, 5) is 48.4. The standard InChI is InChI=1S/C19H20ClN3O10/c1-9-7-22(18(27)21-16(9)26)17-14(25)15(13(8-24)32-17)33-19(28)31-6-5-10-11(20)3-2-4-12(10)23(29)30/h2-4,7,13-15,17,24-25H,5-6,8H2,1H3,(H,21,26,27)/t13-,14?,15?,17-/m1/s1. The molecule has 0 spiro atoms. The Morgan fingerprint density at radius 3 is 2.79 bits per heavy atom. The molecule has 0 radical (unpaired) electrons. The van der Waals surface area contributed by atoms with Crippen LogP contribution in [-0.2, 0) is 20.6 Å². The zero-order valence-electron chi connectivity index (χ0n) is 17.2. The molecule has 33 heavy (non-hydrogen) atoms. The van der Waals surface area contributed by atoms with Crippen LogP contribution in [0, 0.1) is 17.0 Å². The van der Waals surface area contributed by atoms with Crippen LogP contribution >= 0.6 is 11.6 Å². The Kier molecular flexibility index (Phi) is 7.48. The lowest BCUT2D eigenvalue weighted by Crippen LogP contribution is -2.40. The number of H-pyrrole nitrogens is 1. The molecule has 2 heterocycles. The van der Waals surface area contributed by atoms with Crippen molar-refractivity contribution in [3.05, 3.63) is 71.5 Å². The molecule has 1 aliphatic rings. The second kappa shape index (κ2) is 10.1. The van der Waals surface area contributed by atoms with E-state index in [1.807, 2.05) is 0 Å². The number of halogens is 1. The van der Waals surface area contributed by atoms with Gasteiger partial charge in [-0.25, -0.2) is 9.59 Å². The predicted octanol–water partition coefficient (Wildman–Crippen LogP) is 0.422. The zero-order valence-corrected chi connectivity index (χ0v) is 17.9. The summed E-state index contributed by atoms with van der Waals surface area (Å²) < 4.78 is 16.4. The Morgan fingerprint density at radius 2 is 2.12 bits per heavy atom. The van der Waals surface area contributed by atoms with E-state index in [2.05, 4.69) is 4.98 Å². The number of hydrogen-bond acceptors (Lipinski definition) is 10. The number of aromatic amines is 1. The van der Waals surface area contributed by atoms with Gasteiger partial charge >= 0.3 is 11.8 Å². The van der Waals surface area contributed by atoms with Crippen LogP contribution in [0.25, 0.3) is 0 Å². The Morgan fingerprint density at radius 1 is 1.39 bits per heavy atom. The van der Waals surface area contributed by atoms with Crippen molar-refractivity contribution in [2.45, 2.75) is 37.9 Å². The first kappa shape index (κ1) is 24.4. The molecule has 1 aromatic heterocycles. The van der Waals surface area contributed by atoms with E-state index in [0.29, 0.717) is 0 Å². The van der Waals surface area contributed by atoms with Crippen molar-refractivity contribution in [3.63, 3.8) is 0 Å². The number of carbonyl (C=O) groups is 1. The SMILES string of the molecule is Cc1cn([C@@H]2O[C@H](CO)C(OC(=O)OCCc3c(Cl)cccc3[N+](=O)[O-])C2O)c(=O)[nH]c1=O. The number of aliphatic hydroxyl groups excluding tert-OH is 2. The van der Waals surface area contributed by atoms with E-state index < -0.39 is 53.5 Å². The van der Waals surface area contributed by atoms with Crippen LogP contribution in [0.3, 0.4) is 0 Å². The minimum Gasteiger partial charge on any atom is -0.434 e. The third-order valence-electron chi connectivity index (χ3n) is 5.00. The van der Waals surface area contributed by atoms with Gasteiger partial charge in [0.1, 0.15) is 12.2 Å². The smallest absolute Gasteiger partial charge is 0.434 e. The normalized spacial score (nSPS) is 22.2. The Bertz CT molecular complexity index is 1160. The van der Waals surface area contributed by atoms with E-state index in [-0.39, 0.29) is 34.9 Å². The van der Waals surface area contributed by atoms with Crippen LogP contribution in [0.4, 0.5) is 10.5 Å². The first-order valence-corrected chi connectivity index (χ1v) is 10.0. The molecule has 0 amide bonds. The van der Waals surface area contributed by atoms with Crippen molar-refractivity contribution in [2.75, 3.05) is 13.2 Å². The molecular weight excluding hydrogens is 466 g/mol. The van der Waals surface area contributed by atoms with E-state index in [4.69, 9.17) is 25.8 Å². The van der Waals surface area contributed by atoms with Crippen LogP contribution < -0.4 is 11.2 Å². The van der Waals surface area contributed by atoms with Crippen molar-refractivity contribution in [1.82, 2.24) is 9.55 Å². The van der Waals surface area contributed by atoms with Crippen LogP contribution in [-0.4, -0.2) is 62.4 Å². The van der Waals surface area contributed by atoms with E-state index in [1.165, 1.54) is 31.3 Å². The molecule has 2 aromatic rings. The minimum atomic E-state index is -1.58. The molecule has 2 unspecified atom stereocenters. The number of rotatable bonds is 7. The van der Waals surface area contributed by atoms with Crippen LogP contribution in [0.1, 0.15) is 17.4 Å². The first-order valence-electron chi connectivity index (χ1n) is 9.65. The Balaban J connectivity index is 1.66. The van der Waals surface area contributed by atoms with Gasteiger partial charge in [-0.1, -0.05) is 17.7 Å². The summed E-state index contributed by atoms with van der Waals surface area (Å²) in [6.07, 6.45) is -5.67. The molecule has 0 saturated carbocycles. The molecule has 1 aliphatic heterocycles. The number of nitro groups is 1. The second-order valence-corrected chi connectivity index (χ2v) is 7.55. The number of hydrogen-bond donors (Lipinski definition) is 3. The summed E-state index contributed by atoms with van der Waals surface area (Å²) in [5.74, 6) is 0. The number of aromatic nitrogens is 2. The minimum absolute atomic E-state index is 0.0765. The van der Waals surface area contributed by atoms with Gasteiger partial charge in [0.05, 0.1) is 28.7 Å². The zero-order chi connectivity index (χ0) is 24.3. The van der Waals surface area contributed by atoms with Crippen LogP contribution in [0.5, 0.6) is 0 Å². The van der Waals surface area contributed by atoms with Gasteiger partial charge in [0.15, 0.2) is 12.3 Å². The fourth-order valence-corrected chi connectivity index (χ4v) is 3.63. The lowest BCUT2D eigenvalue weighted by molar-refractivity contribution is -0.385. The highest BCUT2D eigenvalue weighted by Gasteiger charge is 2.47. The number of aryl methyl sites for hydroxylation is 1. The van der Waals surface area contributed by atoms with Gasteiger partial charge < -0.3 is 24.4 Å². The first-order chi connectivity index (χ1) is 15.6. The van der Waals surface area contributed by atoms with Crippen molar-refractivity contribution in [3.8, 4) is 0 Å². The third-order valence-corrected chi connectivity index (χ3v) is 5.36.